The maximum atomic E-state index is 14.0. The number of aromatic nitrogens is 5. The average Bonchev–Trinajstić information content (AvgIpc) is 3.61. The maximum absolute atomic E-state index is 14.0. The third kappa shape index (κ3) is 5.00. The van der Waals surface area contributed by atoms with Crippen molar-refractivity contribution >= 4 is 27.8 Å². The van der Waals surface area contributed by atoms with Crippen LogP contribution in [0.3, 0.4) is 0 Å². The van der Waals surface area contributed by atoms with Crippen LogP contribution in [0.25, 0.3) is 33.2 Å². The summed E-state index contributed by atoms with van der Waals surface area (Å²) in [6.07, 6.45) is -2.03. The number of halogens is 3. The largest absolute Gasteiger partial charge is 0.497 e. The molecule has 10 nitrogen and oxygen atoms in total. The van der Waals surface area contributed by atoms with E-state index in [0.717, 1.165) is 15.5 Å². The molecule has 2 aromatic carbocycles. The number of piperidine rings is 1. The number of carbonyl (C=O) groups is 1. The number of methoxy groups -OCH3 is 2. The fourth-order valence-electron chi connectivity index (χ4n) is 5.48. The molecule has 1 amide bonds. The summed E-state index contributed by atoms with van der Waals surface area (Å²) in [5.74, 6) is -0.443. The minimum Gasteiger partial charge on any atom is -0.497 e. The van der Waals surface area contributed by atoms with Crippen molar-refractivity contribution < 1.29 is 27.4 Å². The van der Waals surface area contributed by atoms with Crippen LogP contribution >= 0.6 is 0 Å². The van der Waals surface area contributed by atoms with Crippen molar-refractivity contribution in [1.29, 1.82) is 0 Å². The Hall–Kier alpha value is -4.65. The number of nitrogens with two attached hydrogens (primary N) is 1. The third-order valence-corrected chi connectivity index (χ3v) is 7.52. The van der Waals surface area contributed by atoms with E-state index in [2.05, 4.69) is 19.9 Å². The Bertz CT molecular complexity index is 1780. The Kier molecular flexibility index (Phi) is 6.97. The number of rotatable bonds is 6. The lowest BCUT2D eigenvalue weighted by atomic mass is 9.98. The van der Waals surface area contributed by atoms with Gasteiger partial charge in [0.25, 0.3) is 0 Å². The van der Waals surface area contributed by atoms with Crippen molar-refractivity contribution in [1.82, 2.24) is 29.4 Å². The van der Waals surface area contributed by atoms with Gasteiger partial charge in [-0.25, -0.2) is 15.0 Å². The number of hydrogen-bond acceptors (Lipinski definition) is 7. The van der Waals surface area contributed by atoms with Crippen LogP contribution in [0, 0.1) is 0 Å². The quantitative estimate of drug-likeness (QED) is 0.299. The Balaban J connectivity index is 1.34. The Labute approximate surface area is 238 Å². The number of fused-ring (bicyclic) bond motifs is 2. The number of benzene rings is 2. The summed E-state index contributed by atoms with van der Waals surface area (Å²) in [7, 11) is 2.95. The fraction of sp³-hybridized carbons (Fsp3) is 0.310. The molecule has 4 heterocycles. The number of pyridine rings is 1. The lowest BCUT2D eigenvalue weighted by molar-refractivity contribution is -0.148. The van der Waals surface area contributed by atoms with Gasteiger partial charge < -0.3 is 29.7 Å². The van der Waals surface area contributed by atoms with Crippen LogP contribution in [0.5, 0.6) is 11.6 Å². The molecule has 1 aliphatic heterocycles. The number of nitrogens with zero attached hydrogens (tertiary/aromatic N) is 5. The number of ether oxygens (including phenoxy) is 2. The van der Waals surface area contributed by atoms with Crippen LogP contribution in [-0.4, -0.2) is 62.1 Å². The highest BCUT2D eigenvalue weighted by atomic mass is 19.4. The molecule has 0 aliphatic carbocycles. The van der Waals surface area contributed by atoms with Gasteiger partial charge >= 0.3 is 6.18 Å². The zero-order valence-corrected chi connectivity index (χ0v) is 22.9. The van der Waals surface area contributed by atoms with Crippen molar-refractivity contribution in [3.05, 3.63) is 66.4 Å². The van der Waals surface area contributed by atoms with Gasteiger partial charge in [0, 0.05) is 24.0 Å². The SMILES string of the molecule is COc1ccc2nc(C(F)(F)F)n(CC(=O)N3C[C@H](N)CC[C@H]3c3ncc(-c4cc5ccccc5nc4OC)[nH]3)c2c1. The van der Waals surface area contributed by atoms with Crippen molar-refractivity contribution in [3.63, 3.8) is 0 Å². The van der Waals surface area contributed by atoms with Crippen LogP contribution in [0.15, 0.2) is 54.7 Å². The smallest absolute Gasteiger partial charge is 0.449 e. The van der Waals surface area contributed by atoms with E-state index in [0.29, 0.717) is 41.6 Å². The molecule has 218 valence electrons. The van der Waals surface area contributed by atoms with Crippen LogP contribution in [0.1, 0.15) is 30.5 Å². The van der Waals surface area contributed by atoms with Gasteiger partial charge in [0.15, 0.2) is 0 Å². The summed E-state index contributed by atoms with van der Waals surface area (Å²) in [6.45, 7) is -0.421. The number of hydrogen-bond donors (Lipinski definition) is 2. The predicted molar refractivity (Wildman–Crippen MR) is 149 cm³/mol. The van der Waals surface area contributed by atoms with Crippen molar-refractivity contribution in [2.24, 2.45) is 5.73 Å². The van der Waals surface area contributed by atoms with Crippen LogP contribution in [0.2, 0.25) is 0 Å². The van der Waals surface area contributed by atoms with E-state index in [4.69, 9.17) is 15.2 Å². The minimum absolute atomic E-state index is 0.108. The van der Waals surface area contributed by atoms with Crippen LogP contribution < -0.4 is 15.2 Å². The number of imidazole rings is 2. The zero-order chi connectivity index (χ0) is 29.6. The summed E-state index contributed by atoms with van der Waals surface area (Å²) in [4.78, 5) is 31.5. The van der Waals surface area contributed by atoms with Gasteiger partial charge in [0.05, 0.1) is 54.3 Å². The molecule has 0 spiro atoms. The van der Waals surface area contributed by atoms with Gasteiger partial charge in [-0.15, -0.1) is 0 Å². The first-order valence-corrected chi connectivity index (χ1v) is 13.3. The van der Waals surface area contributed by atoms with E-state index in [9.17, 15) is 18.0 Å². The Morgan fingerprint density at radius 3 is 2.64 bits per heavy atom. The highest BCUT2D eigenvalue weighted by Gasteiger charge is 2.40. The first kappa shape index (κ1) is 27.5. The van der Waals surface area contributed by atoms with E-state index in [1.54, 1.807) is 6.20 Å². The highest BCUT2D eigenvalue weighted by molar-refractivity contribution is 5.85. The molecule has 0 unspecified atom stereocenters. The van der Waals surface area contributed by atoms with Gasteiger partial charge in [-0.3, -0.25) is 4.79 Å². The molecule has 42 heavy (non-hydrogen) atoms. The molecule has 0 bridgehead atoms. The maximum Gasteiger partial charge on any atom is 0.449 e. The number of aromatic amines is 1. The molecular formula is C29H28F3N7O3. The minimum atomic E-state index is -4.77. The second kappa shape index (κ2) is 10.6. The monoisotopic (exact) mass is 579 g/mol. The number of nitrogens with one attached hydrogen (secondary N) is 1. The van der Waals surface area contributed by atoms with Crippen molar-refractivity contribution in [3.8, 4) is 22.9 Å². The van der Waals surface area contributed by atoms with Crippen molar-refractivity contribution in [2.45, 2.75) is 37.6 Å². The molecule has 0 saturated carbocycles. The van der Waals surface area contributed by atoms with Gasteiger partial charge in [0.1, 0.15) is 18.1 Å². The summed E-state index contributed by atoms with van der Waals surface area (Å²) in [5, 5.41) is 0.912. The van der Waals surface area contributed by atoms with Gasteiger partial charge in [-0.05, 0) is 37.1 Å². The van der Waals surface area contributed by atoms with Crippen LogP contribution in [-0.2, 0) is 17.5 Å². The molecule has 3 aromatic heterocycles. The molecule has 3 N–H and O–H groups in total. The van der Waals surface area contributed by atoms with E-state index in [1.165, 1.54) is 37.3 Å². The summed E-state index contributed by atoms with van der Waals surface area (Å²) >= 11 is 0. The zero-order valence-electron chi connectivity index (χ0n) is 22.9. The number of alkyl halides is 3. The molecule has 2 atom stereocenters. The van der Waals surface area contributed by atoms with E-state index in [1.807, 2.05) is 30.3 Å². The fourth-order valence-corrected chi connectivity index (χ4v) is 5.48. The molecule has 1 saturated heterocycles. The molecule has 1 fully saturated rings. The number of likely N-dealkylation sites (tertiary alicyclic amines) is 1. The average molecular weight is 580 g/mol. The number of para-hydroxylation sites is 1. The highest BCUT2D eigenvalue weighted by Crippen LogP contribution is 2.36. The van der Waals surface area contributed by atoms with E-state index >= 15 is 0 Å². The first-order chi connectivity index (χ1) is 20.2. The summed E-state index contributed by atoms with van der Waals surface area (Å²) in [5.41, 5.74) is 8.58. The van der Waals surface area contributed by atoms with E-state index in [-0.39, 0.29) is 23.6 Å². The second-order valence-electron chi connectivity index (χ2n) is 10.2. The number of carbonyl (C=O) groups excluding carboxylic acids is 1. The van der Waals surface area contributed by atoms with Crippen LogP contribution in [0.4, 0.5) is 13.2 Å². The lowest BCUT2D eigenvalue weighted by Gasteiger charge is -2.37. The molecule has 0 radical (unpaired) electrons. The molecule has 13 heteroatoms. The summed E-state index contributed by atoms with van der Waals surface area (Å²) < 4.78 is 53.6. The van der Waals surface area contributed by atoms with Gasteiger partial charge in [0.2, 0.25) is 17.6 Å². The molecular weight excluding hydrogens is 551 g/mol. The first-order valence-electron chi connectivity index (χ1n) is 13.3. The molecule has 1 aliphatic rings. The van der Waals surface area contributed by atoms with Crippen molar-refractivity contribution in [2.75, 3.05) is 20.8 Å². The normalized spacial score (nSPS) is 17.6. The predicted octanol–water partition coefficient (Wildman–Crippen LogP) is 4.70. The second-order valence-corrected chi connectivity index (χ2v) is 10.2. The number of amides is 1. The standard InChI is InChI=1S/C29H28F3N7O3/c1-41-18-8-9-21-24(12-18)39(28(37-21)29(30,31)32)15-25(40)38-14-17(33)7-10-23(38)26-34-13-22(35-26)19-11-16-5-3-4-6-20(16)36-27(19)42-2/h3-6,8-9,11-13,17,23H,7,10,14-15,33H2,1-2H3,(H,34,35)/t17-,23+/m1/s1. The van der Waals surface area contributed by atoms with Gasteiger partial charge in [-0.1, -0.05) is 18.2 Å². The topological polar surface area (TPSA) is 124 Å². The Morgan fingerprint density at radius 2 is 1.88 bits per heavy atom. The third-order valence-electron chi connectivity index (χ3n) is 7.52. The lowest BCUT2D eigenvalue weighted by Crippen LogP contribution is -2.48. The number of H-pyrrole nitrogens is 1. The van der Waals surface area contributed by atoms with E-state index < -0.39 is 30.5 Å². The van der Waals surface area contributed by atoms with Gasteiger partial charge in [-0.2, -0.15) is 13.2 Å². The Morgan fingerprint density at radius 1 is 1.07 bits per heavy atom. The summed E-state index contributed by atoms with van der Waals surface area (Å²) in [6, 6.07) is 13.1. The molecule has 5 aromatic rings. The molecule has 6 rings (SSSR count).